The number of carbonyl (C=O) groups excluding carboxylic acids is 2. The number of anilines is 1. The van der Waals surface area contributed by atoms with E-state index in [0.717, 1.165) is 17.7 Å². The molecule has 0 aliphatic rings. The number of hydrogen-bond donors (Lipinski definition) is 1. The monoisotopic (exact) mass is 329 g/mol. The quantitative estimate of drug-likeness (QED) is 0.670. The standard InChI is InChI=1S/C18H16FNO4/c1-23-17(21)10-8-14-7-9-15(11-16(14)19)20-18(22)24-12-13-5-3-2-4-6-13/h2-11H,12H2,1H3,(H,20,22)/b10-8+. The third kappa shape index (κ3) is 5.24. The number of methoxy groups -OCH3 is 1. The highest BCUT2D eigenvalue weighted by Crippen LogP contribution is 2.16. The van der Waals surface area contributed by atoms with Crippen LogP contribution in [0, 0.1) is 5.82 Å². The lowest BCUT2D eigenvalue weighted by Crippen LogP contribution is -2.13. The molecule has 6 heteroatoms. The lowest BCUT2D eigenvalue weighted by molar-refractivity contribution is -0.134. The molecule has 0 saturated heterocycles. The highest BCUT2D eigenvalue weighted by Gasteiger charge is 2.07. The minimum absolute atomic E-state index is 0.120. The van der Waals surface area contributed by atoms with Crippen molar-refractivity contribution in [1.82, 2.24) is 0 Å². The molecule has 2 aromatic rings. The predicted octanol–water partition coefficient (Wildman–Crippen LogP) is 3.76. The Morgan fingerprint density at radius 3 is 2.58 bits per heavy atom. The summed E-state index contributed by atoms with van der Waals surface area (Å²) in [6.45, 7) is 0.120. The maximum atomic E-state index is 13.9. The summed E-state index contributed by atoms with van der Waals surface area (Å²) in [7, 11) is 1.23. The summed E-state index contributed by atoms with van der Waals surface area (Å²) in [5.74, 6) is -1.17. The molecule has 5 nitrogen and oxygen atoms in total. The first-order chi connectivity index (χ1) is 11.6. The maximum Gasteiger partial charge on any atom is 0.411 e. The minimum atomic E-state index is -0.684. The molecule has 0 aliphatic carbocycles. The molecule has 0 spiro atoms. The Balaban J connectivity index is 1.93. The van der Waals surface area contributed by atoms with E-state index >= 15 is 0 Å². The zero-order valence-corrected chi connectivity index (χ0v) is 13.0. The Morgan fingerprint density at radius 2 is 1.92 bits per heavy atom. The van der Waals surface area contributed by atoms with Gasteiger partial charge in [-0.1, -0.05) is 30.3 Å². The second-order valence-corrected chi connectivity index (χ2v) is 4.78. The summed E-state index contributed by atoms with van der Waals surface area (Å²) in [6.07, 6.45) is 1.72. The van der Waals surface area contributed by atoms with Gasteiger partial charge in [-0.3, -0.25) is 5.32 Å². The van der Waals surface area contributed by atoms with Crippen LogP contribution in [0.2, 0.25) is 0 Å². The molecular formula is C18H16FNO4. The second kappa shape index (κ2) is 8.47. The lowest BCUT2D eigenvalue weighted by Gasteiger charge is -2.08. The van der Waals surface area contributed by atoms with Gasteiger partial charge < -0.3 is 9.47 Å². The highest BCUT2D eigenvalue weighted by molar-refractivity contribution is 5.87. The van der Waals surface area contributed by atoms with Crippen molar-refractivity contribution in [2.75, 3.05) is 12.4 Å². The molecule has 0 heterocycles. The molecule has 1 amide bonds. The Hall–Kier alpha value is -3.15. The van der Waals surface area contributed by atoms with Crippen molar-refractivity contribution < 1.29 is 23.5 Å². The van der Waals surface area contributed by atoms with Gasteiger partial charge in [-0.25, -0.2) is 14.0 Å². The van der Waals surface area contributed by atoms with Gasteiger partial charge in [0.25, 0.3) is 0 Å². The number of benzene rings is 2. The summed E-state index contributed by atoms with van der Waals surface area (Å²) in [5, 5.41) is 2.44. The van der Waals surface area contributed by atoms with Gasteiger partial charge in [0.2, 0.25) is 0 Å². The smallest absolute Gasteiger partial charge is 0.411 e. The third-order valence-electron chi connectivity index (χ3n) is 3.06. The normalized spacial score (nSPS) is 10.4. The summed E-state index contributed by atoms with van der Waals surface area (Å²) >= 11 is 0. The Labute approximate surface area is 138 Å². The van der Waals surface area contributed by atoms with Crippen LogP contribution in [0.4, 0.5) is 14.9 Å². The van der Waals surface area contributed by atoms with E-state index in [1.807, 2.05) is 30.3 Å². The molecule has 0 aromatic heterocycles. The van der Waals surface area contributed by atoms with Crippen LogP contribution in [0.15, 0.2) is 54.6 Å². The number of ether oxygens (including phenoxy) is 2. The number of hydrogen-bond acceptors (Lipinski definition) is 4. The summed E-state index contributed by atoms with van der Waals surface area (Å²) in [5.41, 5.74) is 1.30. The first-order valence-electron chi connectivity index (χ1n) is 7.12. The molecule has 0 fully saturated rings. The van der Waals surface area contributed by atoms with Crippen LogP contribution in [0.1, 0.15) is 11.1 Å². The molecule has 2 rings (SSSR count). The van der Waals surface area contributed by atoms with Crippen molar-refractivity contribution in [2.45, 2.75) is 6.61 Å². The van der Waals surface area contributed by atoms with Gasteiger partial charge in [0.05, 0.1) is 7.11 Å². The predicted molar refractivity (Wildman–Crippen MR) is 87.7 cm³/mol. The van der Waals surface area contributed by atoms with Gasteiger partial charge in [0.1, 0.15) is 12.4 Å². The Bertz CT molecular complexity index is 744. The zero-order valence-electron chi connectivity index (χ0n) is 13.0. The van der Waals surface area contributed by atoms with Crippen molar-refractivity contribution in [3.63, 3.8) is 0 Å². The SMILES string of the molecule is COC(=O)/C=C/c1ccc(NC(=O)OCc2ccccc2)cc1F. The fraction of sp³-hybridized carbons (Fsp3) is 0.111. The van der Waals surface area contributed by atoms with Crippen LogP contribution >= 0.6 is 0 Å². The van der Waals surface area contributed by atoms with E-state index < -0.39 is 17.9 Å². The van der Waals surface area contributed by atoms with Gasteiger partial charge in [-0.15, -0.1) is 0 Å². The second-order valence-electron chi connectivity index (χ2n) is 4.78. The van der Waals surface area contributed by atoms with E-state index in [1.54, 1.807) is 0 Å². The van der Waals surface area contributed by atoms with Crippen molar-refractivity contribution in [2.24, 2.45) is 0 Å². The first-order valence-corrected chi connectivity index (χ1v) is 7.12. The molecule has 0 atom stereocenters. The molecule has 0 saturated carbocycles. The number of esters is 1. The van der Waals surface area contributed by atoms with Gasteiger partial charge in [0.15, 0.2) is 0 Å². The van der Waals surface area contributed by atoms with Crippen LogP contribution in [0.25, 0.3) is 6.08 Å². The molecular weight excluding hydrogens is 313 g/mol. The topological polar surface area (TPSA) is 64.6 Å². The Kier molecular flexibility index (Phi) is 6.08. The molecule has 124 valence electrons. The number of amides is 1. The van der Waals surface area contributed by atoms with E-state index in [-0.39, 0.29) is 17.9 Å². The first kappa shape index (κ1) is 17.2. The molecule has 0 unspecified atom stereocenters. The minimum Gasteiger partial charge on any atom is -0.466 e. The van der Waals surface area contributed by atoms with Crippen LogP contribution < -0.4 is 5.32 Å². The van der Waals surface area contributed by atoms with Crippen LogP contribution in [0.3, 0.4) is 0 Å². The van der Waals surface area contributed by atoms with E-state index in [4.69, 9.17) is 4.74 Å². The largest absolute Gasteiger partial charge is 0.466 e. The van der Waals surface area contributed by atoms with E-state index in [1.165, 1.54) is 25.3 Å². The van der Waals surface area contributed by atoms with E-state index in [9.17, 15) is 14.0 Å². The van der Waals surface area contributed by atoms with Crippen LogP contribution in [-0.2, 0) is 20.9 Å². The number of halogens is 1. The average molecular weight is 329 g/mol. The summed E-state index contributed by atoms with van der Waals surface area (Å²) in [6, 6.07) is 13.3. The molecule has 24 heavy (non-hydrogen) atoms. The molecule has 0 aliphatic heterocycles. The summed E-state index contributed by atoms with van der Waals surface area (Å²) < 4.78 is 23.4. The van der Waals surface area contributed by atoms with E-state index in [2.05, 4.69) is 10.1 Å². The van der Waals surface area contributed by atoms with Crippen molar-refractivity contribution in [3.05, 3.63) is 71.6 Å². The fourth-order valence-electron chi connectivity index (χ4n) is 1.84. The Morgan fingerprint density at radius 1 is 1.17 bits per heavy atom. The number of carbonyl (C=O) groups is 2. The average Bonchev–Trinajstić information content (AvgIpc) is 2.60. The fourth-order valence-corrected chi connectivity index (χ4v) is 1.84. The van der Waals surface area contributed by atoms with Gasteiger partial charge >= 0.3 is 12.1 Å². The molecule has 2 aromatic carbocycles. The lowest BCUT2D eigenvalue weighted by atomic mass is 10.2. The van der Waals surface area contributed by atoms with Gasteiger partial charge in [0, 0.05) is 17.3 Å². The van der Waals surface area contributed by atoms with E-state index in [0.29, 0.717) is 0 Å². The zero-order chi connectivity index (χ0) is 17.4. The van der Waals surface area contributed by atoms with Crippen molar-refractivity contribution >= 4 is 23.8 Å². The van der Waals surface area contributed by atoms with Crippen LogP contribution in [-0.4, -0.2) is 19.2 Å². The molecule has 1 N–H and O–H groups in total. The van der Waals surface area contributed by atoms with Crippen molar-refractivity contribution in [3.8, 4) is 0 Å². The maximum absolute atomic E-state index is 13.9. The molecule has 0 bridgehead atoms. The van der Waals surface area contributed by atoms with Crippen molar-refractivity contribution in [1.29, 1.82) is 0 Å². The van der Waals surface area contributed by atoms with Gasteiger partial charge in [-0.2, -0.15) is 0 Å². The third-order valence-corrected chi connectivity index (χ3v) is 3.06. The van der Waals surface area contributed by atoms with Gasteiger partial charge in [-0.05, 0) is 29.8 Å². The summed E-state index contributed by atoms with van der Waals surface area (Å²) in [4.78, 5) is 22.7. The van der Waals surface area contributed by atoms with Crippen LogP contribution in [0.5, 0.6) is 0 Å². The number of rotatable bonds is 5. The number of nitrogens with one attached hydrogen (secondary N) is 1. The highest BCUT2D eigenvalue weighted by atomic mass is 19.1. The molecule has 0 radical (unpaired) electrons.